The van der Waals surface area contributed by atoms with Crippen molar-refractivity contribution in [3.63, 3.8) is 0 Å². The summed E-state index contributed by atoms with van der Waals surface area (Å²) in [5.74, 6) is 0.985. The smallest absolute Gasteiger partial charge is 0.0107 e. The predicted octanol–water partition coefficient (Wildman–Crippen LogP) is 3.28. The lowest BCUT2D eigenvalue weighted by atomic mass is 9.74. The van der Waals surface area contributed by atoms with Gasteiger partial charge >= 0.3 is 0 Å². The van der Waals surface area contributed by atoms with E-state index in [9.17, 15) is 0 Å². The molecule has 1 aliphatic carbocycles. The van der Waals surface area contributed by atoms with E-state index in [-0.39, 0.29) is 0 Å². The highest BCUT2D eigenvalue weighted by Gasteiger charge is 2.31. The Labute approximate surface area is 114 Å². The molecule has 1 atom stereocenters. The maximum absolute atomic E-state index is 3.70. The molecule has 0 aromatic carbocycles. The fourth-order valence-electron chi connectivity index (χ4n) is 3.42. The van der Waals surface area contributed by atoms with Gasteiger partial charge in [-0.1, -0.05) is 26.7 Å². The summed E-state index contributed by atoms with van der Waals surface area (Å²) in [4.78, 5) is 2.66. The van der Waals surface area contributed by atoms with Gasteiger partial charge in [-0.3, -0.25) is 0 Å². The highest BCUT2D eigenvalue weighted by Crippen LogP contribution is 2.37. The van der Waals surface area contributed by atoms with Crippen LogP contribution in [0.2, 0.25) is 0 Å². The van der Waals surface area contributed by atoms with E-state index in [0.29, 0.717) is 5.41 Å². The number of nitrogens with one attached hydrogen (secondary N) is 1. The molecule has 0 aromatic rings. The van der Waals surface area contributed by atoms with E-state index in [0.717, 1.165) is 12.0 Å². The summed E-state index contributed by atoms with van der Waals surface area (Å²) in [7, 11) is 0. The molecule has 2 rings (SSSR count). The molecule has 1 saturated heterocycles. The second kappa shape index (κ2) is 6.38. The summed E-state index contributed by atoms with van der Waals surface area (Å²) >= 11 is 0. The molecule has 2 fully saturated rings. The Morgan fingerprint density at radius 3 is 2.28 bits per heavy atom. The van der Waals surface area contributed by atoms with Gasteiger partial charge < -0.3 is 10.2 Å². The molecular weight excluding hydrogens is 220 g/mol. The summed E-state index contributed by atoms with van der Waals surface area (Å²) in [6.07, 6.45) is 8.47. The molecule has 1 saturated carbocycles. The zero-order valence-corrected chi connectivity index (χ0v) is 12.7. The molecule has 1 aliphatic heterocycles. The average molecular weight is 252 g/mol. The van der Waals surface area contributed by atoms with Crippen LogP contribution in [0.25, 0.3) is 0 Å². The summed E-state index contributed by atoms with van der Waals surface area (Å²) in [6, 6.07) is 0.750. The molecule has 2 aliphatic rings. The fraction of sp³-hybridized carbons (Fsp3) is 1.00. The van der Waals surface area contributed by atoms with Crippen LogP contribution >= 0.6 is 0 Å². The first-order chi connectivity index (χ1) is 8.69. The summed E-state index contributed by atoms with van der Waals surface area (Å²) in [5, 5.41) is 3.70. The van der Waals surface area contributed by atoms with Gasteiger partial charge in [0.25, 0.3) is 0 Å². The highest BCUT2D eigenvalue weighted by atomic mass is 15.1. The van der Waals surface area contributed by atoms with Crippen LogP contribution in [0.3, 0.4) is 0 Å². The zero-order chi connectivity index (χ0) is 13.0. The van der Waals surface area contributed by atoms with Gasteiger partial charge in [0.05, 0.1) is 0 Å². The fourth-order valence-corrected chi connectivity index (χ4v) is 3.42. The Morgan fingerprint density at radius 2 is 1.78 bits per heavy atom. The molecule has 0 spiro atoms. The van der Waals surface area contributed by atoms with Gasteiger partial charge in [-0.2, -0.15) is 0 Å². The number of piperidine rings is 1. The van der Waals surface area contributed by atoms with Crippen LogP contribution in [0.5, 0.6) is 0 Å². The van der Waals surface area contributed by atoms with E-state index in [4.69, 9.17) is 0 Å². The van der Waals surface area contributed by atoms with Crippen molar-refractivity contribution in [1.82, 2.24) is 10.2 Å². The number of hydrogen-bond acceptors (Lipinski definition) is 2. The Hall–Kier alpha value is -0.0800. The van der Waals surface area contributed by atoms with Crippen molar-refractivity contribution in [2.45, 2.75) is 65.3 Å². The molecule has 1 N–H and O–H groups in total. The van der Waals surface area contributed by atoms with Crippen molar-refractivity contribution in [2.75, 3.05) is 26.2 Å². The van der Waals surface area contributed by atoms with Crippen LogP contribution in [0.1, 0.15) is 59.3 Å². The monoisotopic (exact) mass is 252 g/mol. The minimum absolute atomic E-state index is 0.672. The Morgan fingerprint density at radius 1 is 1.17 bits per heavy atom. The summed E-state index contributed by atoms with van der Waals surface area (Å²) in [6.45, 7) is 12.2. The van der Waals surface area contributed by atoms with Crippen LogP contribution < -0.4 is 5.32 Å². The van der Waals surface area contributed by atoms with Gasteiger partial charge in [0, 0.05) is 19.1 Å². The van der Waals surface area contributed by atoms with Crippen LogP contribution in [0.4, 0.5) is 0 Å². The number of nitrogens with zero attached hydrogens (tertiary/aromatic N) is 1. The second-order valence-electron chi connectivity index (χ2n) is 6.63. The largest absolute Gasteiger partial charge is 0.313 e. The number of rotatable bonds is 7. The van der Waals surface area contributed by atoms with Gasteiger partial charge in [-0.05, 0) is 57.0 Å². The van der Waals surface area contributed by atoms with Crippen LogP contribution in [0.15, 0.2) is 0 Å². The van der Waals surface area contributed by atoms with Crippen LogP contribution in [-0.4, -0.2) is 37.1 Å². The quantitative estimate of drug-likeness (QED) is 0.748. The van der Waals surface area contributed by atoms with Gasteiger partial charge in [-0.15, -0.1) is 0 Å². The molecule has 0 radical (unpaired) electrons. The maximum Gasteiger partial charge on any atom is 0.0107 e. The Balaban J connectivity index is 1.61. The van der Waals surface area contributed by atoms with Crippen LogP contribution in [-0.2, 0) is 0 Å². The number of hydrogen-bond donors (Lipinski definition) is 1. The first-order valence-electron chi connectivity index (χ1n) is 8.15. The second-order valence-corrected chi connectivity index (χ2v) is 6.63. The van der Waals surface area contributed by atoms with E-state index in [2.05, 4.69) is 31.0 Å². The standard InChI is InChI=1S/C16H32N2/c1-4-16(5-2)8-11-18(12-9-16)13-10-17-14(3)15-6-7-15/h14-15,17H,4-13H2,1-3H3. The van der Waals surface area contributed by atoms with Crippen molar-refractivity contribution in [3.8, 4) is 0 Å². The molecule has 18 heavy (non-hydrogen) atoms. The molecule has 106 valence electrons. The third-order valence-corrected chi connectivity index (χ3v) is 5.64. The van der Waals surface area contributed by atoms with Crippen molar-refractivity contribution < 1.29 is 0 Å². The third kappa shape index (κ3) is 3.71. The minimum Gasteiger partial charge on any atom is -0.313 e. The minimum atomic E-state index is 0.672. The molecule has 2 heteroatoms. The van der Waals surface area contributed by atoms with E-state index in [1.165, 1.54) is 64.7 Å². The lowest BCUT2D eigenvalue weighted by Gasteiger charge is -2.41. The van der Waals surface area contributed by atoms with E-state index in [1.807, 2.05) is 0 Å². The van der Waals surface area contributed by atoms with Crippen LogP contribution in [0, 0.1) is 11.3 Å². The van der Waals surface area contributed by atoms with E-state index in [1.54, 1.807) is 0 Å². The van der Waals surface area contributed by atoms with Crippen molar-refractivity contribution >= 4 is 0 Å². The first kappa shape index (κ1) is 14.3. The van der Waals surface area contributed by atoms with Crippen molar-refractivity contribution in [3.05, 3.63) is 0 Å². The van der Waals surface area contributed by atoms with Crippen molar-refractivity contribution in [2.24, 2.45) is 11.3 Å². The number of likely N-dealkylation sites (tertiary alicyclic amines) is 1. The SMILES string of the molecule is CCC1(CC)CCN(CCNC(C)C2CC2)CC1. The molecule has 0 bridgehead atoms. The molecule has 0 aromatic heterocycles. The topological polar surface area (TPSA) is 15.3 Å². The van der Waals surface area contributed by atoms with Crippen molar-refractivity contribution in [1.29, 1.82) is 0 Å². The first-order valence-corrected chi connectivity index (χ1v) is 8.15. The predicted molar refractivity (Wildman–Crippen MR) is 78.9 cm³/mol. The van der Waals surface area contributed by atoms with E-state index < -0.39 is 0 Å². The summed E-state index contributed by atoms with van der Waals surface area (Å²) < 4.78 is 0. The van der Waals surface area contributed by atoms with Gasteiger partial charge in [0.1, 0.15) is 0 Å². The third-order valence-electron chi connectivity index (χ3n) is 5.64. The van der Waals surface area contributed by atoms with E-state index >= 15 is 0 Å². The zero-order valence-electron chi connectivity index (χ0n) is 12.7. The summed E-state index contributed by atoms with van der Waals surface area (Å²) in [5.41, 5.74) is 0.672. The average Bonchev–Trinajstić information content (AvgIpc) is 3.24. The normalized spacial score (nSPS) is 26.2. The Bertz CT molecular complexity index is 233. The highest BCUT2D eigenvalue weighted by molar-refractivity contribution is 4.85. The molecule has 1 heterocycles. The van der Waals surface area contributed by atoms with Gasteiger partial charge in [-0.25, -0.2) is 0 Å². The lowest BCUT2D eigenvalue weighted by Crippen LogP contribution is -2.43. The molecular formula is C16H32N2. The molecule has 0 amide bonds. The molecule has 2 nitrogen and oxygen atoms in total. The van der Waals surface area contributed by atoms with Gasteiger partial charge in [0.15, 0.2) is 0 Å². The van der Waals surface area contributed by atoms with Gasteiger partial charge in [0.2, 0.25) is 0 Å². The molecule has 1 unspecified atom stereocenters. The lowest BCUT2D eigenvalue weighted by molar-refractivity contribution is 0.0955. The Kier molecular flexibility index (Phi) is 5.08. The maximum atomic E-state index is 3.70.